The Morgan fingerprint density at radius 1 is 1.12 bits per heavy atom. The molecule has 2 N–H and O–H groups in total. The van der Waals surface area contributed by atoms with Gasteiger partial charge in [0.05, 0.1) is 12.1 Å². The lowest BCUT2D eigenvalue weighted by molar-refractivity contribution is 0.101. The zero-order chi connectivity index (χ0) is 12.3. The molecule has 0 aliphatic heterocycles. The maximum atomic E-state index is 6.29. The molecule has 0 saturated carbocycles. The van der Waals surface area contributed by atoms with E-state index in [0.717, 1.165) is 5.56 Å². The largest absolute Gasteiger partial charge is 0.379 e. The van der Waals surface area contributed by atoms with Gasteiger partial charge in [0, 0.05) is 6.61 Å². The van der Waals surface area contributed by atoms with Gasteiger partial charge in [-0.3, -0.25) is 0 Å². The Labute approximate surface area is 102 Å². The van der Waals surface area contributed by atoms with Gasteiger partial charge in [-0.05, 0) is 36.2 Å². The second-order valence-electron chi connectivity index (χ2n) is 4.62. The van der Waals surface area contributed by atoms with Crippen LogP contribution in [0.1, 0.15) is 19.4 Å². The highest BCUT2D eigenvalue weighted by molar-refractivity contribution is 5.83. The van der Waals surface area contributed by atoms with Gasteiger partial charge in [0.25, 0.3) is 0 Å². The van der Waals surface area contributed by atoms with E-state index in [1.807, 2.05) is 26.0 Å². The minimum absolute atomic E-state index is 0.431. The van der Waals surface area contributed by atoms with Crippen molar-refractivity contribution in [3.63, 3.8) is 0 Å². The van der Waals surface area contributed by atoms with Gasteiger partial charge < -0.3 is 10.5 Å². The van der Waals surface area contributed by atoms with Crippen molar-refractivity contribution >= 4 is 10.8 Å². The third-order valence-electron chi connectivity index (χ3n) is 3.01. The van der Waals surface area contributed by atoms with Crippen molar-refractivity contribution in [2.45, 2.75) is 19.4 Å². The predicted molar refractivity (Wildman–Crippen MR) is 72.0 cm³/mol. The summed E-state index contributed by atoms with van der Waals surface area (Å²) < 4.78 is 5.44. The number of rotatable bonds is 4. The lowest BCUT2D eigenvalue weighted by Crippen LogP contribution is -2.38. The molecule has 0 heterocycles. The summed E-state index contributed by atoms with van der Waals surface area (Å²) in [4.78, 5) is 0. The quantitative estimate of drug-likeness (QED) is 0.874. The van der Waals surface area contributed by atoms with E-state index in [0.29, 0.717) is 13.2 Å². The van der Waals surface area contributed by atoms with E-state index in [1.165, 1.54) is 10.8 Å². The number of fused-ring (bicyclic) bond motifs is 1. The van der Waals surface area contributed by atoms with Gasteiger partial charge in [-0.25, -0.2) is 0 Å². The van der Waals surface area contributed by atoms with Crippen LogP contribution >= 0.6 is 0 Å². The number of ether oxygens (including phenoxy) is 1. The highest BCUT2D eigenvalue weighted by Crippen LogP contribution is 2.23. The van der Waals surface area contributed by atoms with E-state index >= 15 is 0 Å². The molecule has 0 aromatic heterocycles. The van der Waals surface area contributed by atoms with Crippen LogP contribution in [0.3, 0.4) is 0 Å². The van der Waals surface area contributed by atoms with Crippen molar-refractivity contribution in [3.8, 4) is 0 Å². The van der Waals surface area contributed by atoms with Crippen LogP contribution in [0, 0.1) is 0 Å². The molecule has 1 atom stereocenters. The van der Waals surface area contributed by atoms with E-state index < -0.39 is 5.54 Å². The molecule has 0 spiro atoms. The Kier molecular flexibility index (Phi) is 3.46. The highest BCUT2D eigenvalue weighted by atomic mass is 16.5. The van der Waals surface area contributed by atoms with Crippen molar-refractivity contribution in [1.82, 2.24) is 0 Å². The summed E-state index contributed by atoms with van der Waals surface area (Å²) in [7, 11) is 0. The van der Waals surface area contributed by atoms with Crippen LogP contribution in [0.15, 0.2) is 42.5 Å². The molecule has 0 saturated heterocycles. The van der Waals surface area contributed by atoms with E-state index in [9.17, 15) is 0 Å². The number of hydrogen-bond acceptors (Lipinski definition) is 2. The molecule has 2 nitrogen and oxygen atoms in total. The molecule has 0 amide bonds. The zero-order valence-corrected chi connectivity index (χ0v) is 10.4. The van der Waals surface area contributed by atoms with E-state index in [2.05, 4.69) is 30.3 Å². The molecule has 0 radical (unpaired) electrons. The fraction of sp³-hybridized carbons (Fsp3) is 0.333. The van der Waals surface area contributed by atoms with Gasteiger partial charge in [0.1, 0.15) is 0 Å². The van der Waals surface area contributed by atoms with E-state index in [1.54, 1.807) is 0 Å². The smallest absolute Gasteiger partial charge is 0.0685 e. The first kappa shape index (κ1) is 12.1. The van der Waals surface area contributed by atoms with Crippen LogP contribution < -0.4 is 5.73 Å². The summed E-state index contributed by atoms with van der Waals surface area (Å²) in [5.74, 6) is 0. The summed E-state index contributed by atoms with van der Waals surface area (Å²) in [5, 5.41) is 2.46. The van der Waals surface area contributed by atoms with Gasteiger partial charge in [-0.15, -0.1) is 0 Å². The molecule has 0 fully saturated rings. The minimum atomic E-state index is -0.431. The summed E-state index contributed by atoms with van der Waals surface area (Å²) in [6, 6.07) is 14.6. The Bertz CT molecular complexity index is 505. The Morgan fingerprint density at radius 2 is 1.82 bits per heavy atom. The third kappa shape index (κ3) is 2.65. The first-order chi connectivity index (χ1) is 8.13. The van der Waals surface area contributed by atoms with Gasteiger partial charge >= 0.3 is 0 Å². The molecule has 2 rings (SSSR count). The van der Waals surface area contributed by atoms with E-state index in [-0.39, 0.29) is 0 Å². The molecule has 2 aromatic carbocycles. The lowest BCUT2D eigenvalue weighted by Gasteiger charge is -2.25. The summed E-state index contributed by atoms with van der Waals surface area (Å²) in [6.45, 7) is 5.23. The van der Waals surface area contributed by atoms with Crippen molar-refractivity contribution in [2.24, 2.45) is 5.73 Å². The number of nitrogens with two attached hydrogens (primary N) is 1. The fourth-order valence-corrected chi connectivity index (χ4v) is 1.94. The Balaban J connectivity index is 2.35. The van der Waals surface area contributed by atoms with Crippen LogP contribution in [0.5, 0.6) is 0 Å². The van der Waals surface area contributed by atoms with Crippen molar-refractivity contribution < 1.29 is 4.74 Å². The van der Waals surface area contributed by atoms with Crippen molar-refractivity contribution in [2.75, 3.05) is 13.2 Å². The highest BCUT2D eigenvalue weighted by Gasteiger charge is 2.21. The molecule has 0 aliphatic carbocycles. The summed E-state index contributed by atoms with van der Waals surface area (Å²) in [5.41, 5.74) is 6.98. The molecular weight excluding hydrogens is 210 g/mol. The van der Waals surface area contributed by atoms with Crippen LogP contribution in [-0.4, -0.2) is 13.2 Å². The molecule has 0 aliphatic rings. The van der Waals surface area contributed by atoms with Crippen molar-refractivity contribution in [3.05, 3.63) is 48.0 Å². The standard InChI is InChI=1S/C15H19NO/c1-3-17-11-15(2,16)14-9-8-12-6-4-5-7-13(12)10-14/h4-10H,3,11,16H2,1-2H3. The van der Waals surface area contributed by atoms with Gasteiger partial charge in [-0.2, -0.15) is 0 Å². The number of hydrogen-bond donors (Lipinski definition) is 1. The van der Waals surface area contributed by atoms with Crippen LogP contribution in [0.2, 0.25) is 0 Å². The second-order valence-corrected chi connectivity index (χ2v) is 4.62. The molecular formula is C15H19NO. The lowest BCUT2D eigenvalue weighted by atomic mass is 9.92. The second kappa shape index (κ2) is 4.86. The maximum absolute atomic E-state index is 6.29. The number of benzene rings is 2. The Morgan fingerprint density at radius 3 is 2.53 bits per heavy atom. The minimum Gasteiger partial charge on any atom is -0.379 e. The SMILES string of the molecule is CCOCC(C)(N)c1ccc2ccccc2c1. The van der Waals surface area contributed by atoms with Gasteiger partial charge in [-0.1, -0.05) is 36.4 Å². The van der Waals surface area contributed by atoms with Crippen LogP contribution in [0.25, 0.3) is 10.8 Å². The normalized spacial score (nSPS) is 14.8. The molecule has 1 unspecified atom stereocenters. The van der Waals surface area contributed by atoms with Crippen molar-refractivity contribution in [1.29, 1.82) is 0 Å². The predicted octanol–water partition coefficient (Wildman–Crippen LogP) is 3.05. The zero-order valence-electron chi connectivity index (χ0n) is 10.4. The van der Waals surface area contributed by atoms with Gasteiger partial charge in [0.15, 0.2) is 0 Å². The summed E-state index contributed by atoms with van der Waals surface area (Å²) in [6.07, 6.45) is 0. The molecule has 2 heteroatoms. The molecule has 0 bridgehead atoms. The Hall–Kier alpha value is -1.38. The topological polar surface area (TPSA) is 35.2 Å². The third-order valence-corrected chi connectivity index (χ3v) is 3.01. The van der Waals surface area contributed by atoms with Crippen LogP contribution in [-0.2, 0) is 10.3 Å². The molecule has 90 valence electrons. The van der Waals surface area contributed by atoms with Crippen LogP contribution in [0.4, 0.5) is 0 Å². The monoisotopic (exact) mass is 229 g/mol. The van der Waals surface area contributed by atoms with E-state index in [4.69, 9.17) is 10.5 Å². The summed E-state index contributed by atoms with van der Waals surface area (Å²) >= 11 is 0. The average molecular weight is 229 g/mol. The fourth-order valence-electron chi connectivity index (χ4n) is 1.94. The molecule has 17 heavy (non-hydrogen) atoms. The molecule has 2 aromatic rings. The average Bonchev–Trinajstić information content (AvgIpc) is 2.36. The first-order valence-corrected chi connectivity index (χ1v) is 5.99. The van der Waals surface area contributed by atoms with Gasteiger partial charge in [0.2, 0.25) is 0 Å². The first-order valence-electron chi connectivity index (χ1n) is 5.99. The maximum Gasteiger partial charge on any atom is 0.0685 e.